The molecule has 296 valence electrons. The number of fused-ring (bicyclic) bond motifs is 1. The molecule has 4 aliphatic rings. The quantitative estimate of drug-likeness (QED) is 0.0408. The van der Waals surface area contributed by atoms with Crippen LogP contribution in [0.2, 0.25) is 0 Å². The van der Waals surface area contributed by atoms with Crippen LogP contribution < -0.4 is 14.9 Å². The van der Waals surface area contributed by atoms with Gasteiger partial charge in [0.15, 0.2) is 45.8 Å². The van der Waals surface area contributed by atoms with E-state index in [1.807, 2.05) is 0 Å². The number of allylic oxidation sites excluding steroid dienone is 1. The van der Waals surface area contributed by atoms with Crippen LogP contribution >= 0.6 is 0 Å². The number of hydrogen-bond donors (Lipinski definition) is 9. The topological polar surface area (TPSA) is 300 Å². The summed E-state index contributed by atoms with van der Waals surface area (Å²) < 4.78 is 29.1. The number of phenols is 4. The van der Waals surface area contributed by atoms with Crippen LogP contribution in [-0.2, 0) is 23.9 Å². The molecule has 9 atom stereocenters. The van der Waals surface area contributed by atoms with Gasteiger partial charge in [-0.25, -0.2) is 0 Å². The monoisotopic (exact) mass is 780 g/mol. The highest BCUT2D eigenvalue weighted by molar-refractivity contribution is 5.94. The number of ether oxygens (including phenoxy) is 4. The van der Waals surface area contributed by atoms with Gasteiger partial charge in [-0.15, -0.1) is 0 Å². The molecule has 0 bridgehead atoms. The third-order valence-corrected chi connectivity index (χ3v) is 9.10. The summed E-state index contributed by atoms with van der Waals surface area (Å²) in [6.45, 7) is 0. The van der Waals surface area contributed by atoms with E-state index >= 15 is 0 Å². The maximum atomic E-state index is 12.9. The molecule has 2 aromatic rings. The molecule has 0 radical (unpaired) electrons. The molecule has 2 fully saturated rings. The zero-order valence-corrected chi connectivity index (χ0v) is 28.9. The number of aldehydes is 1. The molecular formula is C38H36O18. The van der Waals surface area contributed by atoms with Crippen LogP contribution in [0.1, 0.15) is 24.8 Å². The fourth-order valence-corrected chi connectivity index (χ4v) is 6.11. The number of hydrogen-bond acceptors (Lipinski definition) is 18. The van der Waals surface area contributed by atoms with Gasteiger partial charge < -0.3 is 74.1 Å². The minimum atomic E-state index is -1.97. The second-order valence-electron chi connectivity index (χ2n) is 13.1. The normalized spacial score (nSPS) is 26.6. The number of carbonyl (C=O) groups excluding carboxylic acids is 3. The van der Waals surface area contributed by atoms with Crippen LogP contribution in [0.5, 0.6) is 34.5 Å². The van der Waals surface area contributed by atoms with Crippen molar-refractivity contribution in [2.45, 2.75) is 74.6 Å². The summed E-state index contributed by atoms with van der Waals surface area (Å²) in [4.78, 5) is 49.1. The number of aliphatic hydroxyl groups excluding tert-OH is 5. The van der Waals surface area contributed by atoms with Crippen molar-refractivity contribution in [2.75, 3.05) is 0 Å². The Labute approximate surface area is 315 Å². The van der Waals surface area contributed by atoms with E-state index in [4.69, 9.17) is 23.4 Å². The Hall–Kier alpha value is -5.86. The lowest BCUT2D eigenvalue weighted by Gasteiger charge is -2.40. The average molecular weight is 781 g/mol. The Kier molecular flexibility index (Phi) is 11.7. The van der Waals surface area contributed by atoms with Crippen LogP contribution in [0.15, 0.2) is 69.9 Å². The molecule has 0 saturated carbocycles. The average Bonchev–Trinajstić information content (AvgIpc) is 3.16. The predicted octanol–water partition coefficient (Wildman–Crippen LogP) is 0.467. The molecule has 3 heterocycles. The van der Waals surface area contributed by atoms with Crippen LogP contribution in [0.3, 0.4) is 0 Å². The SMILES string of the molecule is O=CCC(=O)[C@@H]1C[C@H](O)[C@@H](O)[C@@H](Oc2cc(=O)cc3oc(-c4cc(O)c(O)c(O)c4)c(O[C@@H]4O[C@@H](CC(=O)C=Cc5ccc(O)cc5)[C@H](O)[C@@H](O)[C@H]4O)cc2-3)O1. The molecule has 0 aromatic heterocycles. The summed E-state index contributed by atoms with van der Waals surface area (Å²) in [6.07, 6.45) is -13.9. The number of ketones is 2. The molecule has 2 saturated heterocycles. The van der Waals surface area contributed by atoms with Crippen LogP contribution in [0, 0.1) is 0 Å². The van der Waals surface area contributed by atoms with Gasteiger partial charge in [-0.1, -0.05) is 18.2 Å². The highest BCUT2D eigenvalue weighted by atomic mass is 16.7. The molecule has 56 heavy (non-hydrogen) atoms. The lowest BCUT2D eigenvalue weighted by Crippen LogP contribution is -2.59. The van der Waals surface area contributed by atoms with Crippen LogP contribution in [0.25, 0.3) is 28.7 Å². The summed E-state index contributed by atoms with van der Waals surface area (Å²) in [7, 11) is 0. The molecule has 0 unspecified atom stereocenters. The number of aliphatic hydroxyl groups is 5. The molecule has 0 spiro atoms. The van der Waals surface area contributed by atoms with Gasteiger partial charge in [-0.2, -0.15) is 0 Å². The number of rotatable bonds is 12. The number of aromatic hydroxyl groups is 4. The largest absolute Gasteiger partial charge is 0.508 e. The summed E-state index contributed by atoms with van der Waals surface area (Å²) in [5, 5.41) is 93.6. The third kappa shape index (κ3) is 8.51. The molecular weight excluding hydrogens is 744 g/mol. The highest BCUT2D eigenvalue weighted by Gasteiger charge is 2.46. The van der Waals surface area contributed by atoms with Crippen molar-refractivity contribution in [3.63, 3.8) is 0 Å². The molecule has 0 amide bonds. The lowest BCUT2D eigenvalue weighted by molar-refractivity contribution is -0.271. The van der Waals surface area contributed by atoms with Crippen molar-refractivity contribution in [2.24, 2.45) is 0 Å². The van der Waals surface area contributed by atoms with Gasteiger partial charge in [-0.05, 0) is 42.0 Å². The van der Waals surface area contributed by atoms with Gasteiger partial charge in [0, 0.05) is 30.5 Å². The Morgan fingerprint density at radius 1 is 0.786 bits per heavy atom. The standard InChI is InChI=1S/C38H36O18/c39-8-7-22(43)28-15-25(46)32(48)37(54-28)53-27-13-20(42)12-26-21(27)14-30(36(52-26)17-9-23(44)31(47)24(45)10-17)56-38-35(51)34(50)33(49)29(55-38)11-19(41)6-3-16-1-4-18(40)5-2-16/h1-6,8-10,12-14,25,28-29,32-35,37-38,40,44-51H,7,11,15H2/t25-,28-,29-,32+,33-,34+,35+,37-,38-/m0/s1. The predicted molar refractivity (Wildman–Crippen MR) is 188 cm³/mol. The molecule has 6 rings (SSSR count). The van der Waals surface area contributed by atoms with Gasteiger partial charge in [-0.3, -0.25) is 14.4 Å². The number of benzene rings is 3. The summed E-state index contributed by atoms with van der Waals surface area (Å²) in [5.74, 6) is -5.13. The summed E-state index contributed by atoms with van der Waals surface area (Å²) >= 11 is 0. The fraction of sp³-hybridized carbons (Fsp3) is 0.316. The van der Waals surface area contributed by atoms with Gasteiger partial charge in [0.2, 0.25) is 12.6 Å². The van der Waals surface area contributed by atoms with Crippen molar-refractivity contribution >= 4 is 23.9 Å². The van der Waals surface area contributed by atoms with Crippen LogP contribution in [0.4, 0.5) is 0 Å². The number of Topliss-reactive ketones (excluding diaryl/α,β-unsaturated/α-hetero) is 1. The zero-order valence-electron chi connectivity index (χ0n) is 28.9. The van der Waals surface area contributed by atoms with Gasteiger partial charge in [0.25, 0.3) is 0 Å². The van der Waals surface area contributed by atoms with E-state index < -0.39 is 108 Å². The first-order valence-corrected chi connectivity index (χ1v) is 17.0. The van der Waals surface area contributed by atoms with E-state index in [1.165, 1.54) is 30.4 Å². The van der Waals surface area contributed by atoms with E-state index in [0.29, 0.717) is 11.8 Å². The second-order valence-corrected chi connectivity index (χ2v) is 13.1. The molecule has 9 N–H and O–H groups in total. The van der Waals surface area contributed by atoms with E-state index in [9.17, 15) is 65.1 Å². The zero-order chi connectivity index (χ0) is 40.4. The number of carbonyl (C=O) groups is 3. The molecule has 3 aliphatic heterocycles. The highest BCUT2D eigenvalue weighted by Crippen LogP contribution is 2.46. The van der Waals surface area contributed by atoms with E-state index in [1.54, 1.807) is 12.1 Å². The number of phenolic OH excluding ortho intramolecular Hbond substituents is 4. The van der Waals surface area contributed by atoms with Crippen LogP contribution in [-0.4, -0.2) is 119 Å². The van der Waals surface area contributed by atoms with Crippen molar-refractivity contribution in [3.8, 4) is 57.1 Å². The summed E-state index contributed by atoms with van der Waals surface area (Å²) in [6, 6.07) is 10.9. The Balaban J connectivity index is 1.37. The van der Waals surface area contributed by atoms with Crippen molar-refractivity contribution in [1.82, 2.24) is 0 Å². The van der Waals surface area contributed by atoms with E-state index in [-0.39, 0.29) is 40.6 Å². The first-order chi connectivity index (χ1) is 26.6. The molecule has 18 nitrogen and oxygen atoms in total. The molecule has 18 heteroatoms. The maximum Gasteiger partial charge on any atom is 0.229 e. The Morgan fingerprint density at radius 2 is 1.45 bits per heavy atom. The molecule has 2 aromatic carbocycles. The Bertz CT molecular complexity index is 2120. The lowest BCUT2D eigenvalue weighted by atomic mass is 9.95. The molecule has 1 aliphatic carbocycles. The van der Waals surface area contributed by atoms with Gasteiger partial charge >= 0.3 is 0 Å². The fourth-order valence-electron chi connectivity index (χ4n) is 6.11. The van der Waals surface area contributed by atoms with Crippen molar-refractivity contribution < 1.29 is 83.7 Å². The first-order valence-electron chi connectivity index (χ1n) is 17.0. The van der Waals surface area contributed by atoms with Crippen molar-refractivity contribution in [3.05, 3.63) is 76.5 Å². The van der Waals surface area contributed by atoms with Gasteiger partial charge in [0.1, 0.15) is 54.1 Å². The van der Waals surface area contributed by atoms with E-state index in [0.717, 1.165) is 24.3 Å². The maximum absolute atomic E-state index is 12.9. The minimum absolute atomic E-state index is 0.0150. The first kappa shape index (κ1) is 39.8. The van der Waals surface area contributed by atoms with E-state index in [2.05, 4.69) is 0 Å². The minimum Gasteiger partial charge on any atom is -0.508 e. The second kappa shape index (κ2) is 16.5. The summed E-state index contributed by atoms with van der Waals surface area (Å²) in [5.41, 5.74) is -0.423. The van der Waals surface area contributed by atoms with Crippen molar-refractivity contribution in [1.29, 1.82) is 0 Å². The van der Waals surface area contributed by atoms with Gasteiger partial charge in [0.05, 0.1) is 24.2 Å². The Morgan fingerprint density at radius 3 is 2.12 bits per heavy atom. The third-order valence-electron chi connectivity index (χ3n) is 9.10. The smallest absolute Gasteiger partial charge is 0.229 e.